The molecule has 0 aliphatic carbocycles. The van der Waals surface area contributed by atoms with Crippen molar-refractivity contribution in [1.82, 2.24) is 9.55 Å². The Bertz CT molecular complexity index is 1070. The summed E-state index contributed by atoms with van der Waals surface area (Å²) in [6, 6.07) is 5.07. The highest BCUT2D eigenvalue weighted by Crippen LogP contribution is 2.37. The third kappa shape index (κ3) is 3.35. The van der Waals surface area contributed by atoms with Gasteiger partial charge in [0.05, 0.1) is 12.5 Å². The second-order valence-corrected chi connectivity index (χ2v) is 7.42. The molecule has 3 aromatic rings. The van der Waals surface area contributed by atoms with E-state index in [2.05, 4.69) is 4.98 Å². The number of aryl methyl sites for hydroxylation is 2. The van der Waals surface area contributed by atoms with Crippen molar-refractivity contribution in [1.29, 1.82) is 0 Å². The first kappa shape index (κ1) is 19.1. The van der Waals surface area contributed by atoms with Gasteiger partial charge in [0.15, 0.2) is 0 Å². The Morgan fingerprint density at radius 1 is 1.37 bits per heavy atom. The third-order valence-corrected chi connectivity index (χ3v) is 5.50. The molecule has 0 aliphatic heterocycles. The Labute approximate surface area is 161 Å². The molecule has 27 heavy (non-hydrogen) atoms. The number of primary amides is 1. The van der Waals surface area contributed by atoms with Crippen LogP contribution in [0.5, 0.6) is 5.75 Å². The molecular weight excluding hydrogens is 362 g/mol. The summed E-state index contributed by atoms with van der Waals surface area (Å²) in [5.41, 5.74) is 7.92. The van der Waals surface area contributed by atoms with Crippen molar-refractivity contribution in [2.75, 3.05) is 7.11 Å². The quantitative estimate of drug-likeness (QED) is 0.704. The van der Waals surface area contributed by atoms with Gasteiger partial charge in [0.25, 0.3) is 5.56 Å². The lowest BCUT2D eigenvalue weighted by molar-refractivity contribution is -0.120. The van der Waals surface area contributed by atoms with Gasteiger partial charge < -0.3 is 10.5 Å². The van der Waals surface area contributed by atoms with Gasteiger partial charge in [0, 0.05) is 22.9 Å². The van der Waals surface area contributed by atoms with Crippen LogP contribution in [-0.4, -0.2) is 22.6 Å². The first-order valence-electron chi connectivity index (χ1n) is 8.86. The number of carbonyl (C=O) groups excluding carboxylic acids is 1. The second-order valence-electron chi connectivity index (χ2n) is 6.56. The van der Waals surface area contributed by atoms with E-state index >= 15 is 0 Å². The minimum atomic E-state index is -0.761. The van der Waals surface area contributed by atoms with E-state index in [1.54, 1.807) is 14.0 Å². The molecule has 0 saturated heterocycles. The number of nitrogens with zero attached hydrogens (tertiary/aromatic N) is 2. The van der Waals surface area contributed by atoms with E-state index in [-0.39, 0.29) is 5.56 Å². The molecular formula is C20H23N3O3S. The standard InChI is InChI=1S/C20H23N3O3S/c1-5-6-16-22-19-17(20(25)23(16)12(3)18(21)24)14(10-27-19)13-9-11(2)7-8-15(13)26-4/h7-10,12H,5-6H2,1-4H3,(H2,21,24). The van der Waals surface area contributed by atoms with Gasteiger partial charge in [-0.2, -0.15) is 0 Å². The van der Waals surface area contributed by atoms with E-state index in [1.165, 1.54) is 15.9 Å². The molecule has 1 aromatic carbocycles. The van der Waals surface area contributed by atoms with Crippen molar-refractivity contribution in [2.24, 2.45) is 5.73 Å². The Kier molecular flexibility index (Phi) is 5.32. The Morgan fingerprint density at radius 2 is 2.11 bits per heavy atom. The fraction of sp³-hybridized carbons (Fsp3) is 0.350. The van der Waals surface area contributed by atoms with Crippen LogP contribution in [0.15, 0.2) is 28.4 Å². The van der Waals surface area contributed by atoms with E-state index in [9.17, 15) is 9.59 Å². The summed E-state index contributed by atoms with van der Waals surface area (Å²) in [4.78, 5) is 30.5. The SMILES string of the molecule is CCCc1nc2scc(-c3cc(C)ccc3OC)c2c(=O)n1C(C)C(N)=O. The van der Waals surface area contributed by atoms with E-state index in [1.807, 2.05) is 37.4 Å². The molecule has 1 amide bonds. The van der Waals surface area contributed by atoms with E-state index in [0.29, 0.717) is 28.2 Å². The summed E-state index contributed by atoms with van der Waals surface area (Å²) in [5, 5.41) is 2.42. The third-order valence-electron chi connectivity index (χ3n) is 4.63. The molecule has 2 heterocycles. The summed E-state index contributed by atoms with van der Waals surface area (Å²) >= 11 is 1.42. The zero-order chi connectivity index (χ0) is 19.7. The number of rotatable bonds is 6. The van der Waals surface area contributed by atoms with Gasteiger partial charge in [-0.25, -0.2) is 4.98 Å². The monoisotopic (exact) mass is 385 g/mol. The minimum absolute atomic E-state index is 0.241. The zero-order valence-corrected chi connectivity index (χ0v) is 16.7. The second kappa shape index (κ2) is 7.52. The van der Waals surface area contributed by atoms with Crippen LogP contribution in [0.3, 0.4) is 0 Å². The number of carbonyl (C=O) groups is 1. The highest BCUT2D eigenvalue weighted by Gasteiger charge is 2.23. The largest absolute Gasteiger partial charge is 0.496 e. The highest BCUT2D eigenvalue weighted by atomic mass is 32.1. The van der Waals surface area contributed by atoms with E-state index in [0.717, 1.165) is 23.1 Å². The number of ether oxygens (including phenoxy) is 1. The summed E-state index contributed by atoms with van der Waals surface area (Å²) in [5.74, 6) is 0.721. The van der Waals surface area contributed by atoms with Crippen LogP contribution in [0.4, 0.5) is 0 Å². The average molecular weight is 385 g/mol. The Balaban J connectivity index is 2.36. The summed E-state index contributed by atoms with van der Waals surface area (Å²) in [6.07, 6.45) is 1.41. The number of nitrogens with two attached hydrogens (primary N) is 1. The normalized spacial score (nSPS) is 12.3. The van der Waals surface area contributed by atoms with Crippen LogP contribution < -0.4 is 16.0 Å². The number of hydrogen-bond donors (Lipinski definition) is 1. The van der Waals surface area contributed by atoms with Crippen molar-refractivity contribution in [3.8, 4) is 16.9 Å². The van der Waals surface area contributed by atoms with Crippen molar-refractivity contribution in [2.45, 2.75) is 39.7 Å². The molecule has 0 spiro atoms. The predicted octanol–water partition coefficient (Wildman–Crippen LogP) is 3.44. The fourth-order valence-corrected chi connectivity index (χ4v) is 4.15. The van der Waals surface area contributed by atoms with Gasteiger partial charge in [-0.1, -0.05) is 18.6 Å². The van der Waals surface area contributed by atoms with Gasteiger partial charge in [0.1, 0.15) is 22.4 Å². The van der Waals surface area contributed by atoms with E-state index < -0.39 is 11.9 Å². The molecule has 6 nitrogen and oxygen atoms in total. The molecule has 2 aromatic heterocycles. The molecule has 1 atom stereocenters. The molecule has 1 unspecified atom stereocenters. The van der Waals surface area contributed by atoms with Crippen molar-refractivity contribution in [3.63, 3.8) is 0 Å². The number of thiophene rings is 1. The van der Waals surface area contributed by atoms with Gasteiger partial charge in [-0.15, -0.1) is 11.3 Å². The van der Waals surface area contributed by atoms with Gasteiger partial charge in [0.2, 0.25) is 5.91 Å². The molecule has 142 valence electrons. The smallest absolute Gasteiger partial charge is 0.263 e. The summed E-state index contributed by atoms with van der Waals surface area (Å²) in [7, 11) is 1.60. The van der Waals surface area contributed by atoms with Crippen molar-refractivity contribution in [3.05, 3.63) is 45.3 Å². The maximum atomic E-state index is 13.4. The first-order valence-corrected chi connectivity index (χ1v) is 9.73. The van der Waals surface area contributed by atoms with Crippen LogP contribution in [0, 0.1) is 6.92 Å². The lowest BCUT2D eigenvalue weighted by atomic mass is 10.0. The van der Waals surface area contributed by atoms with Crippen LogP contribution >= 0.6 is 11.3 Å². The molecule has 0 fully saturated rings. The minimum Gasteiger partial charge on any atom is -0.496 e. The average Bonchev–Trinajstić information content (AvgIpc) is 3.05. The maximum absolute atomic E-state index is 13.4. The lowest BCUT2D eigenvalue weighted by Gasteiger charge is -2.17. The maximum Gasteiger partial charge on any atom is 0.263 e. The molecule has 7 heteroatoms. The zero-order valence-electron chi connectivity index (χ0n) is 15.9. The number of fused-ring (bicyclic) bond motifs is 1. The van der Waals surface area contributed by atoms with E-state index in [4.69, 9.17) is 10.5 Å². The summed E-state index contributed by atoms with van der Waals surface area (Å²) < 4.78 is 6.93. The Hall–Kier alpha value is -2.67. The predicted molar refractivity (Wildman–Crippen MR) is 109 cm³/mol. The van der Waals surface area contributed by atoms with Crippen LogP contribution in [0.2, 0.25) is 0 Å². The topological polar surface area (TPSA) is 87.2 Å². The molecule has 0 aliphatic rings. The Morgan fingerprint density at radius 3 is 2.74 bits per heavy atom. The first-order chi connectivity index (χ1) is 12.9. The van der Waals surface area contributed by atoms with Crippen molar-refractivity contribution < 1.29 is 9.53 Å². The van der Waals surface area contributed by atoms with Crippen LogP contribution in [0.1, 0.15) is 37.7 Å². The number of aromatic nitrogens is 2. The van der Waals surface area contributed by atoms with Crippen molar-refractivity contribution >= 4 is 27.5 Å². The highest BCUT2D eigenvalue weighted by molar-refractivity contribution is 7.17. The fourth-order valence-electron chi connectivity index (χ4n) is 3.20. The number of methoxy groups -OCH3 is 1. The number of benzene rings is 1. The summed E-state index contributed by atoms with van der Waals surface area (Å²) in [6.45, 7) is 5.63. The lowest BCUT2D eigenvalue weighted by Crippen LogP contribution is -2.35. The van der Waals surface area contributed by atoms with Gasteiger partial charge in [-0.05, 0) is 32.4 Å². The molecule has 2 N–H and O–H groups in total. The van der Waals surface area contributed by atoms with Gasteiger partial charge >= 0.3 is 0 Å². The van der Waals surface area contributed by atoms with Gasteiger partial charge in [-0.3, -0.25) is 14.2 Å². The van der Waals surface area contributed by atoms with Crippen LogP contribution in [0.25, 0.3) is 21.3 Å². The molecule has 0 radical (unpaired) electrons. The molecule has 3 rings (SSSR count). The molecule has 0 bridgehead atoms. The molecule has 0 saturated carbocycles. The number of hydrogen-bond acceptors (Lipinski definition) is 5. The number of amides is 1. The van der Waals surface area contributed by atoms with Crippen LogP contribution in [-0.2, 0) is 11.2 Å².